The Kier molecular flexibility index (Phi) is 1.57. The number of aliphatic carboxylic acids is 1. The minimum Gasteiger partial charge on any atom is -0.479 e. The van der Waals surface area contributed by atoms with Gasteiger partial charge in [0.05, 0.1) is 0 Å². The fourth-order valence-electron chi connectivity index (χ4n) is 0.496. The zero-order chi connectivity index (χ0) is 7.56. The van der Waals surface area contributed by atoms with E-state index in [1.54, 1.807) is 0 Å². The number of hydrogen-bond acceptors (Lipinski definition) is 3. The Hall–Kier alpha value is -1.52. The van der Waals surface area contributed by atoms with Crippen LogP contribution in [-0.4, -0.2) is 23.0 Å². The molecule has 0 aromatic carbocycles. The third kappa shape index (κ3) is 1.25. The highest BCUT2D eigenvalue weighted by atomic mass is 16.4. The van der Waals surface area contributed by atoms with E-state index < -0.39 is 17.9 Å². The van der Waals surface area contributed by atoms with Crippen molar-refractivity contribution in [3.63, 3.8) is 0 Å². The molecule has 0 radical (unpaired) electrons. The van der Waals surface area contributed by atoms with Crippen molar-refractivity contribution in [1.82, 2.24) is 0 Å². The van der Waals surface area contributed by atoms with E-state index in [1.165, 1.54) is 6.08 Å². The van der Waals surface area contributed by atoms with Gasteiger partial charge in [-0.1, -0.05) is 0 Å². The summed E-state index contributed by atoms with van der Waals surface area (Å²) < 4.78 is 0. The summed E-state index contributed by atoms with van der Waals surface area (Å²) >= 11 is 0. The summed E-state index contributed by atoms with van der Waals surface area (Å²) in [7, 11) is 0. The highest BCUT2D eigenvalue weighted by Gasteiger charge is 2.15. The monoisotopic (exact) mass is 140 g/mol. The molecule has 0 fully saturated rings. The average molecular weight is 140 g/mol. The maximum atomic E-state index is 10.3. The third-order valence-electron chi connectivity index (χ3n) is 0.955. The second-order valence-electron chi connectivity index (χ2n) is 1.70. The zero-order valence-corrected chi connectivity index (χ0v) is 4.89. The Labute approximate surface area is 56.1 Å². The number of azo groups is 1. The van der Waals surface area contributed by atoms with Crippen molar-refractivity contribution in [1.29, 1.82) is 0 Å². The molecule has 1 heterocycles. The molecule has 0 aromatic rings. The molecule has 0 saturated heterocycles. The van der Waals surface area contributed by atoms with E-state index >= 15 is 0 Å². The normalized spacial score (nSPS) is 23.2. The van der Waals surface area contributed by atoms with Gasteiger partial charge in [-0.05, 0) is 6.08 Å². The lowest BCUT2D eigenvalue weighted by Gasteiger charge is -2.00. The molecule has 1 aliphatic rings. The first-order valence-corrected chi connectivity index (χ1v) is 2.56. The van der Waals surface area contributed by atoms with Crippen LogP contribution in [0.1, 0.15) is 0 Å². The maximum Gasteiger partial charge on any atom is 0.334 e. The molecule has 0 saturated carbocycles. The molecular formula is C5H4N2O3. The Morgan fingerprint density at radius 1 is 1.70 bits per heavy atom. The van der Waals surface area contributed by atoms with E-state index in [0.29, 0.717) is 0 Å². The summed E-state index contributed by atoms with van der Waals surface area (Å²) in [6.45, 7) is 0. The molecular weight excluding hydrogens is 136 g/mol. The summed E-state index contributed by atoms with van der Waals surface area (Å²) in [5.41, 5.74) is 0. The summed E-state index contributed by atoms with van der Waals surface area (Å²) in [5, 5.41) is 14.6. The highest BCUT2D eigenvalue weighted by molar-refractivity contribution is 5.90. The lowest BCUT2D eigenvalue weighted by atomic mass is 10.2. The molecule has 0 bridgehead atoms. The molecule has 0 aromatic heterocycles. The van der Waals surface area contributed by atoms with Gasteiger partial charge in [-0.3, -0.25) is 4.79 Å². The lowest BCUT2D eigenvalue weighted by molar-refractivity contribution is -0.137. The van der Waals surface area contributed by atoms with Crippen LogP contribution in [0.4, 0.5) is 0 Å². The minimum absolute atomic E-state index is 0.516. The molecule has 10 heavy (non-hydrogen) atoms. The van der Waals surface area contributed by atoms with Crippen molar-refractivity contribution < 1.29 is 14.7 Å². The number of nitrogens with zero attached hydrogens (tertiary/aromatic N) is 2. The van der Waals surface area contributed by atoms with Crippen LogP contribution < -0.4 is 0 Å². The van der Waals surface area contributed by atoms with E-state index in [-0.39, 0.29) is 0 Å². The van der Waals surface area contributed by atoms with Crippen LogP contribution in [0.3, 0.4) is 0 Å². The number of carboxylic acids is 1. The van der Waals surface area contributed by atoms with Crippen LogP contribution in [0.25, 0.3) is 0 Å². The summed E-state index contributed by atoms with van der Waals surface area (Å²) in [6.07, 6.45) is 2.28. The topological polar surface area (TPSA) is 79.1 Å². The molecule has 1 atom stereocenters. The van der Waals surface area contributed by atoms with E-state index in [4.69, 9.17) is 5.11 Å². The molecule has 5 nitrogen and oxygen atoms in total. The van der Waals surface area contributed by atoms with Gasteiger partial charge in [0.25, 0.3) is 5.91 Å². The van der Waals surface area contributed by atoms with Gasteiger partial charge in [-0.25, -0.2) is 4.79 Å². The maximum absolute atomic E-state index is 10.3. The highest BCUT2D eigenvalue weighted by Crippen LogP contribution is 2.01. The van der Waals surface area contributed by atoms with Gasteiger partial charge >= 0.3 is 5.97 Å². The molecule has 1 rings (SSSR count). The first kappa shape index (κ1) is 6.60. The number of carbonyl (C=O) groups excluding carboxylic acids is 1. The summed E-state index contributed by atoms with van der Waals surface area (Å²) in [6, 6.07) is -0.988. The Morgan fingerprint density at radius 2 is 2.40 bits per heavy atom. The smallest absolute Gasteiger partial charge is 0.334 e. The molecule has 1 N–H and O–H groups in total. The summed E-state index contributed by atoms with van der Waals surface area (Å²) in [5.74, 6) is -1.62. The van der Waals surface area contributed by atoms with Crippen molar-refractivity contribution in [2.24, 2.45) is 10.2 Å². The molecule has 52 valence electrons. The van der Waals surface area contributed by atoms with Gasteiger partial charge in [0.2, 0.25) is 0 Å². The zero-order valence-electron chi connectivity index (χ0n) is 4.89. The fourth-order valence-corrected chi connectivity index (χ4v) is 0.496. The van der Waals surface area contributed by atoms with E-state index in [0.717, 1.165) is 6.08 Å². The van der Waals surface area contributed by atoms with Gasteiger partial charge in [-0.15, -0.1) is 5.11 Å². The predicted molar refractivity (Wildman–Crippen MR) is 30.4 cm³/mol. The van der Waals surface area contributed by atoms with Crippen molar-refractivity contribution in [2.75, 3.05) is 0 Å². The molecule has 1 amide bonds. The van der Waals surface area contributed by atoms with Crippen LogP contribution in [0.15, 0.2) is 22.4 Å². The Balaban J connectivity index is 2.71. The number of rotatable bonds is 1. The van der Waals surface area contributed by atoms with Crippen molar-refractivity contribution in [3.8, 4) is 0 Å². The largest absolute Gasteiger partial charge is 0.479 e. The van der Waals surface area contributed by atoms with E-state index in [2.05, 4.69) is 10.2 Å². The predicted octanol–water partition coefficient (Wildman–Crippen LogP) is -0.0118. The Morgan fingerprint density at radius 3 is 2.80 bits per heavy atom. The minimum atomic E-state index is -1.10. The van der Waals surface area contributed by atoms with E-state index in [1.807, 2.05) is 0 Å². The van der Waals surface area contributed by atoms with Gasteiger partial charge < -0.3 is 5.11 Å². The molecule has 1 aliphatic heterocycles. The van der Waals surface area contributed by atoms with Gasteiger partial charge in [0, 0.05) is 6.08 Å². The number of hydrogen-bond donors (Lipinski definition) is 1. The van der Waals surface area contributed by atoms with Crippen LogP contribution in [-0.2, 0) is 9.59 Å². The molecule has 0 aliphatic carbocycles. The van der Waals surface area contributed by atoms with Crippen LogP contribution >= 0.6 is 0 Å². The van der Waals surface area contributed by atoms with Crippen LogP contribution in [0.5, 0.6) is 0 Å². The second kappa shape index (κ2) is 2.38. The van der Waals surface area contributed by atoms with Gasteiger partial charge in [-0.2, -0.15) is 5.11 Å². The quantitative estimate of drug-likeness (QED) is 0.556. The molecule has 0 unspecified atom stereocenters. The second-order valence-corrected chi connectivity index (χ2v) is 1.70. The number of carboxylic acid groups (broad SMARTS) is 1. The van der Waals surface area contributed by atoms with E-state index in [9.17, 15) is 9.59 Å². The Bertz CT molecular complexity index is 215. The first-order valence-electron chi connectivity index (χ1n) is 2.56. The third-order valence-corrected chi connectivity index (χ3v) is 0.955. The molecule has 5 heteroatoms. The van der Waals surface area contributed by atoms with Crippen molar-refractivity contribution >= 4 is 11.9 Å². The average Bonchev–Trinajstić information content (AvgIpc) is 1.88. The fraction of sp³-hybridized carbons (Fsp3) is 0.200. The van der Waals surface area contributed by atoms with Crippen LogP contribution in [0, 0.1) is 0 Å². The lowest BCUT2D eigenvalue weighted by Crippen LogP contribution is -2.17. The first-order chi connectivity index (χ1) is 4.70. The van der Waals surface area contributed by atoms with Crippen molar-refractivity contribution in [3.05, 3.63) is 12.2 Å². The standard InChI is InChI=1S/C5H4N2O3/c8-4-2-1-3(5(9)10)6-7-4/h1-3H,(H,9,10)/t3-/m0/s1. The SMILES string of the molecule is O=C1C=C[C@@H](C(=O)O)N=N1. The molecule has 0 spiro atoms. The van der Waals surface area contributed by atoms with Gasteiger partial charge in [0.1, 0.15) is 0 Å². The summed E-state index contributed by atoms with van der Waals surface area (Å²) in [4.78, 5) is 20.4. The van der Waals surface area contributed by atoms with Gasteiger partial charge in [0.15, 0.2) is 6.04 Å². The number of amides is 1. The number of carbonyl (C=O) groups is 2. The van der Waals surface area contributed by atoms with Crippen LogP contribution in [0.2, 0.25) is 0 Å². The van der Waals surface area contributed by atoms with Crippen molar-refractivity contribution in [2.45, 2.75) is 6.04 Å².